The van der Waals surface area contributed by atoms with Crippen LogP contribution in [0.2, 0.25) is 0 Å². The fourth-order valence-electron chi connectivity index (χ4n) is 0. The maximum absolute atomic E-state index is 4.00. The average Bonchev–Trinajstić information content (AvgIpc) is 1.39. The second-order valence-corrected chi connectivity index (χ2v) is 13.9. The molecule has 0 aromatic rings. The molecule has 0 aliphatic carbocycles. The number of hydrogen-bond acceptors (Lipinski definition) is 1. The minimum absolute atomic E-state index is 0.357. The molecule has 0 saturated carbocycles. The molecule has 4 heteroatoms. The minimum Gasteiger partial charge on any atom is -0.382 e. The van der Waals surface area contributed by atoms with Crippen molar-refractivity contribution < 1.29 is 4.74 Å². The molecule has 0 aromatic carbocycles. The lowest BCUT2D eigenvalue weighted by atomic mass is 11.6. The fraction of sp³-hybridized carbons (Fsp3) is 0.500. The van der Waals surface area contributed by atoms with Gasteiger partial charge in [-0.3, -0.25) is 37.7 Å². The molecule has 0 spiro atoms. The van der Waals surface area contributed by atoms with Gasteiger partial charge in [0.15, 0.2) is 0 Å². The van der Waals surface area contributed by atoms with Crippen LogP contribution in [-0.4, -0.2) is 19.7 Å². The van der Waals surface area contributed by atoms with Crippen molar-refractivity contribution in [2.24, 2.45) is 0 Å². The van der Waals surface area contributed by atoms with Crippen LogP contribution in [0, 0.1) is 7.11 Å². The van der Waals surface area contributed by atoms with E-state index in [4.69, 9.17) is 0 Å². The maximum atomic E-state index is 4.00. The van der Waals surface area contributed by atoms with Crippen LogP contribution in [0.15, 0.2) is 0 Å². The highest BCUT2D eigenvalue weighted by atomic mass is 127. The van der Waals surface area contributed by atoms with Crippen LogP contribution in [0.25, 0.3) is 0 Å². The highest BCUT2D eigenvalue weighted by molar-refractivity contribution is 14.3. The lowest BCUT2D eigenvalue weighted by Gasteiger charge is -1.60. The van der Waals surface area contributed by atoms with Gasteiger partial charge >= 0.3 is 12.6 Å². The van der Waals surface area contributed by atoms with E-state index in [9.17, 15) is 0 Å². The van der Waals surface area contributed by atoms with Crippen molar-refractivity contribution >= 4 is 50.3 Å². The normalized spacial score (nSPS) is 4.67. The lowest BCUT2D eigenvalue weighted by Crippen LogP contribution is -1.49. The summed E-state index contributed by atoms with van der Waals surface area (Å²) in [7, 11) is 4.50. The number of halogens is 2. The predicted octanol–water partition coefficient (Wildman–Crippen LogP) is 1.81. The van der Waals surface area contributed by atoms with E-state index in [0.29, 0.717) is 12.6 Å². The summed E-state index contributed by atoms with van der Waals surface area (Å²) < 4.78 is 4.00. The molecule has 0 bridgehead atoms. The molecule has 1 nitrogen and oxygen atoms in total. The van der Waals surface area contributed by atoms with Gasteiger partial charge in [0.1, 0.15) is 0 Å². The minimum atomic E-state index is 0.357. The third-order valence-corrected chi connectivity index (χ3v) is 0. The maximum Gasteiger partial charge on any atom is 0.552 e. The van der Waals surface area contributed by atoms with E-state index in [2.05, 4.69) is 49.5 Å². The van der Waals surface area contributed by atoms with Crippen molar-refractivity contribution in [2.45, 2.75) is 0 Å². The van der Waals surface area contributed by atoms with Gasteiger partial charge in [-0.05, 0) is 0 Å². The van der Waals surface area contributed by atoms with Crippen molar-refractivity contribution in [3.63, 3.8) is 0 Å². The molecule has 35 valence electrons. The van der Waals surface area contributed by atoms with Crippen LogP contribution in [0.3, 0.4) is 0 Å². The van der Waals surface area contributed by atoms with Crippen LogP contribution in [-0.2, 0) is 4.74 Å². The Labute approximate surface area is 68.1 Å². The smallest absolute Gasteiger partial charge is 0.382 e. The molecule has 0 rings (SSSR count). The molecule has 0 saturated heterocycles. The Hall–Kier alpha value is 2.19. The zero-order valence-electron chi connectivity index (χ0n) is 3.58. The van der Waals surface area contributed by atoms with Gasteiger partial charge < -0.3 is 4.74 Å². The summed E-state index contributed by atoms with van der Waals surface area (Å²) in [4.78, 5) is 0. The van der Waals surface area contributed by atoms with E-state index >= 15 is 0 Å². The summed E-state index contributed by atoms with van der Waals surface area (Å²) >= 11 is 5.18. The van der Waals surface area contributed by atoms with Crippen molar-refractivity contribution in [3.8, 4) is 0 Å². The molecule has 0 aromatic heterocycles. The molecule has 6 heavy (non-hydrogen) atoms. The fourth-order valence-corrected chi connectivity index (χ4v) is 0. The Balaban J connectivity index is 0. The van der Waals surface area contributed by atoms with Gasteiger partial charge in [-0.25, -0.2) is 0 Å². The summed E-state index contributed by atoms with van der Waals surface area (Å²) in [5.41, 5.74) is 0. The molecular formula is C2H5I2MgO. The first kappa shape index (κ1) is 11.0. The molecule has 1 radical (unpaired) electrons. The molecule has 0 N–H and O–H groups in total. The Kier molecular flexibility index (Phi) is 28.9. The zero-order chi connectivity index (χ0) is 5.41. The number of ether oxygens (including phenoxy) is 1. The van der Waals surface area contributed by atoms with Crippen LogP contribution >= 0.6 is 37.7 Å². The molecular weight excluding hydrogens is 318 g/mol. The highest BCUT2D eigenvalue weighted by Crippen LogP contribution is 1.80. The van der Waals surface area contributed by atoms with Gasteiger partial charge in [0.25, 0.3) is 0 Å². The van der Waals surface area contributed by atoms with E-state index in [1.807, 2.05) is 0 Å². The van der Waals surface area contributed by atoms with Gasteiger partial charge in [-0.2, -0.15) is 0 Å². The highest BCUT2D eigenvalue weighted by Gasteiger charge is 1.61. The van der Waals surface area contributed by atoms with Gasteiger partial charge in [-0.1, -0.05) is 0 Å². The zero-order valence-corrected chi connectivity index (χ0v) is 9.31. The summed E-state index contributed by atoms with van der Waals surface area (Å²) in [5.74, 6) is 0. The van der Waals surface area contributed by atoms with Crippen LogP contribution < -0.4 is 0 Å². The largest absolute Gasteiger partial charge is 0.552 e. The molecule has 0 aliphatic rings. The molecule has 0 atom stereocenters. The topological polar surface area (TPSA) is 9.23 Å². The average molecular weight is 323 g/mol. The Morgan fingerprint density at radius 2 is 1.67 bits per heavy atom. The second kappa shape index (κ2) is 15.7. The van der Waals surface area contributed by atoms with E-state index in [1.54, 1.807) is 0 Å². The standard InChI is InChI=1S/C2H5O.2HI.Mg/c1-3-2;;;/h1H2,2H3;2*1H;/q;;;+2/p-2. The first-order valence-corrected chi connectivity index (χ1v) is 11.5. The molecule has 0 amide bonds. The van der Waals surface area contributed by atoms with Crippen LogP contribution in [0.4, 0.5) is 0 Å². The van der Waals surface area contributed by atoms with Crippen LogP contribution in [0.1, 0.15) is 0 Å². The third-order valence-electron chi connectivity index (χ3n) is 0. The summed E-state index contributed by atoms with van der Waals surface area (Å²) in [5, 5.41) is 0. The van der Waals surface area contributed by atoms with Crippen LogP contribution in [0.5, 0.6) is 0 Å². The molecule has 0 aliphatic heterocycles. The Morgan fingerprint density at radius 1 is 1.67 bits per heavy atom. The van der Waals surface area contributed by atoms with Gasteiger partial charge in [0, 0.05) is 7.11 Å². The van der Waals surface area contributed by atoms with Gasteiger partial charge in [0.05, 0.1) is 7.11 Å². The molecule has 0 unspecified atom stereocenters. The van der Waals surface area contributed by atoms with E-state index in [1.165, 1.54) is 7.11 Å². The number of rotatable bonds is 0. The second-order valence-electron chi connectivity index (χ2n) is 0.390. The number of methoxy groups -OCH3 is 1. The molecule has 0 heterocycles. The van der Waals surface area contributed by atoms with Crippen molar-refractivity contribution in [1.82, 2.24) is 0 Å². The summed E-state index contributed by atoms with van der Waals surface area (Å²) in [6.07, 6.45) is 0. The van der Waals surface area contributed by atoms with E-state index in [0.717, 1.165) is 0 Å². The SMILES string of the molecule is [CH2]OC.[I][Mg][I]. The predicted molar refractivity (Wildman–Crippen MR) is 46.2 cm³/mol. The third kappa shape index (κ3) is 34.8. The van der Waals surface area contributed by atoms with E-state index in [-0.39, 0.29) is 0 Å². The Bertz CT molecular complexity index is 13.5. The summed E-state index contributed by atoms with van der Waals surface area (Å²) in [6.45, 7) is 0. The van der Waals surface area contributed by atoms with E-state index < -0.39 is 0 Å². The van der Waals surface area contributed by atoms with Crippen molar-refractivity contribution in [1.29, 1.82) is 0 Å². The Morgan fingerprint density at radius 3 is 1.67 bits per heavy atom. The number of hydrogen-bond donors (Lipinski definition) is 0. The lowest BCUT2D eigenvalue weighted by molar-refractivity contribution is 0.329. The first-order valence-electron chi connectivity index (χ1n) is 1.23. The van der Waals surface area contributed by atoms with Crippen molar-refractivity contribution in [2.75, 3.05) is 7.11 Å². The van der Waals surface area contributed by atoms with Gasteiger partial charge in [-0.15, -0.1) is 0 Å². The van der Waals surface area contributed by atoms with Crippen molar-refractivity contribution in [3.05, 3.63) is 7.11 Å². The molecule has 0 fully saturated rings. The monoisotopic (exact) mass is 323 g/mol. The van der Waals surface area contributed by atoms with Gasteiger partial charge in [0.2, 0.25) is 0 Å². The first-order chi connectivity index (χ1) is 2.83. The summed E-state index contributed by atoms with van der Waals surface area (Å²) in [6, 6.07) is 0. The quantitative estimate of drug-likeness (QED) is 0.488.